The Morgan fingerprint density at radius 3 is 2.50 bits per heavy atom. The number of carbonyl (C=O) groups excluding carboxylic acids is 1. The van der Waals surface area contributed by atoms with E-state index in [1.165, 1.54) is 25.3 Å². The lowest BCUT2D eigenvalue weighted by Gasteiger charge is -2.06. The fourth-order valence-corrected chi connectivity index (χ4v) is 1.26. The van der Waals surface area contributed by atoms with E-state index in [0.717, 1.165) is 19.3 Å². The molecule has 0 aromatic carbocycles. The van der Waals surface area contributed by atoms with Crippen molar-refractivity contribution in [2.45, 2.75) is 52.9 Å². The summed E-state index contributed by atoms with van der Waals surface area (Å²) < 4.78 is 4.98. The van der Waals surface area contributed by atoms with Gasteiger partial charge in [0.1, 0.15) is 6.61 Å². The highest BCUT2D eigenvalue weighted by Crippen LogP contribution is 2.08. The van der Waals surface area contributed by atoms with Gasteiger partial charge in [-0.15, -0.1) is 0 Å². The summed E-state index contributed by atoms with van der Waals surface area (Å²) in [6.45, 7) is 6.25. The molecule has 14 heavy (non-hydrogen) atoms. The Balaban J connectivity index is 3.86. The Morgan fingerprint density at radius 1 is 1.29 bits per heavy atom. The topological polar surface area (TPSA) is 26.3 Å². The molecule has 0 saturated carbocycles. The number of carbonyl (C=O) groups is 1. The van der Waals surface area contributed by atoms with E-state index >= 15 is 0 Å². The van der Waals surface area contributed by atoms with Gasteiger partial charge in [-0.1, -0.05) is 39.2 Å². The van der Waals surface area contributed by atoms with E-state index in [1.807, 2.05) is 0 Å². The van der Waals surface area contributed by atoms with Gasteiger partial charge in [-0.2, -0.15) is 0 Å². The first-order chi connectivity index (χ1) is 6.70. The fourth-order valence-electron chi connectivity index (χ4n) is 1.26. The highest BCUT2D eigenvalue weighted by molar-refractivity contribution is 5.66. The molecule has 0 atom stereocenters. The lowest BCUT2D eigenvalue weighted by molar-refractivity contribution is -0.140. The van der Waals surface area contributed by atoms with E-state index in [-0.39, 0.29) is 5.97 Å². The van der Waals surface area contributed by atoms with Gasteiger partial charge >= 0.3 is 5.97 Å². The maximum atomic E-state index is 10.6. The Morgan fingerprint density at radius 2 is 2.00 bits per heavy atom. The molecule has 0 aromatic heterocycles. The SMILES string of the molecule is CCCCC=C(CCC)COC(C)=O. The molecular formula is C12H22O2. The Bertz CT molecular complexity index is 183. The third kappa shape index (κ3) is 7.84. The van der Waals surface area contributed by atoms with Crippen LogP contribution in [0.3, 0.4) is 0 Å². The van der Waals surface area contributed by atoms with Crippen molar-refractivity contribution in [3.05, 3.63) is 11.6 Å². The summed E-state index contributed by atoms with van der Waals surface area (Å²) in [5.41, 5.74) is 1.26. The fraction of sp³-hybridized carbons (Fsp3) is 0.750. The van der Waals surface area contributed by atoms with Crippen LogP contribution in [-0.4, -0.2) is 12.6 Å². The lowest BCUT2D eigenvalue weighted by Crippen LogP contribution is -2.03. The minimum Gasteiger partial charge on any atom is -0.461 e. The van der Waals surface area contributed by atoms with Gasteiger partial charge in [0.2, 0.25) is 0 Å². The summed E-state index contributed by atoms with van der Waals surface area (Å²) in [4.78, 5) is 10.6. The van der Waals surface area contributed by atoms with Crippen LogP contribution in [-0.2, 0) is 9.53 Å². The average Bonchev–Trinajstić information content (AvgIpc) is 2.14. The third-order valence-electron chi connectivity index (χ3n) is 2.02. The lowest BCUT2D eigenvalue weighted by atomic mass is 10.1. The van der Waals surface area contributed by atoms with Crippen LogP contribution < -0.4 is 0 Å². The van der Waals surface area contributed by atoms with E-state index in [2.05, 4.69) is 19.9 Å². The molecular weight excluding hydrogens is 176 g/mol. The van der Waals surface area contributed by atoms with Crippen molar-refractivity contribution in [3.63, 3.8) is 0 Å². The molecule has 0 radical (unpaired) electrons. The summed E-state index contributed by atoms with van der Waals surface area (Å²) >= 11 is 0. The molecule has 0 heterocycles. The van der Waals surface area contributed by atoms with Crippen LogP contribution in [0.4, 0.5) is 0 Å². The summed E-state index contributed by atoms with van der Waals surface area (Å²) in [6.07, 6.45) is 7.90. The molecule has 0 unspecified atom stereocenters. The monoisotopic (exact) mass is 198 g/mol. The molecule has 2 heteroatoms. The van der Waals surface area contributed by atoms with E-state index in [9.17, 15) is 4.79 Å². The molecule has 0 aliphatic rings. The molecule has 0 aliphatic heterocycles. The first kappa shape index (κ1) is 13.2. The molecule has 0 saturated heterocycles. The van der Waals surface area contributed by atoms with Crippen molar-refractivity contribution in [1.29, 1.82) is 0 Å². The van der Waals surface area contributed by atoms with Crippen molar-refractivity contribution in [2.75, 3.05) is 6.61 Å². The first-order valence-corrected chi connectivity index (χ1v) is 5.52. The summed E-state index contributed by atoms with van der Waals surface area (Å²) in [7, 11) is 0. The van der Waals surface area contributed by atoms with Gasteiger partial charge in [0.05, 0.1) is 0 Å². The Labute approximate surface area is 87.3 Å². The number of rotatable bonds is 7. The van der Waals surface area contributed by atoms with Crippen molar-refractivity contribution in [1.82, 2.24) is 0 Å². The zero-order chi connectivity index (χ0) is 10.8. The van der Waals surface area contributed by atoms with Crippen LogP contribution in [0.15, 0.2) is 11.6 Å². The van der Waals surface area contributed by atoms with Crippen LogP contribution in [0.25, 0.3) is 0 Å². The normalized spacial score (nSPS) is 11.5. The number of esters is 1. The van der Waals surface area contributed by atoms with Gasteiger partial charge in [-0.05, 0) is 18.4 Å². The van der Waals surface area contributed by atoms with Gasteiger partial charge in [0.15, 0.2) is 0 Å². The average molecular weight is 198 g/mol. The molecule has 0 amide bonds. The maximum Gasteiger partial charge on any atom is 0.302 e. The van der Waals surface area contributed by atoms with Crippen LogP contribution in [0.1, 0.15) is 52.9 Å². The van der Waals surface area contributed by atoms with Gasteiger partial charge < -0.3 is 4.74 Å². The molecule has 0 bridgehead atoms. The van der Waals surface area contributed by atoms with Gasteiger partial charge in [-0.3, -0.25) is 4.79 Å². The van der Waals surface area contributed by atoms with Gasteiger partial charge in [-0.25, -0.2) is 0 Å². The second kappa shape index (κ2) is 8.79. The number of ether oxygens (including phenoxy) is 1. The largest absolute Gasteiger partial charge is 0.461 e. The minimum absolute atomic E-state index is 0.192. The molecule has 0 N–H and O–H groups in total. The molecule has 0 aromatic rings. The highest BCUT2D eigenvalue weighted by Gasteiger charge is 1.98. The first-order valence-electron chi connectivity index (χ1n) is 5.52. The quantitative estimate of drug-likeness (QED) is 0.356. The van der Waals surface area contributed by atoms with E-state index in [0.29, 0.717) is 6.61 Å². The van der Waals surface area contributed by atoms with Gasteiger partial charge in [0.25, 0.3) is 0 Å². The number of unbranched alkanes of at least 4 members (excludes halogenated alkanes) is 2. The second-order valence-corrected chi connectivity index (χ2v) is 3.53. The number of hydrogen-bond acceptors (Lipinski definition) is 2. The third-order valence-corrected chi connectivity index (χ3v) is 2.02. The van der Waals surface area contributed by atoms with Crippen molar-refractivity contribution >= 4 is 5.97 Å². The van der Waals surface area contributed by atoms with Crippen molar-refractivity contribution < 1.29 is 9.53 Å². The summed E-state index contributed by atoms with van der Waals surface area (Å²) in [6, 6.07) is 0. The van der Waals surface area contributed by atoms with Crippen LogP contribution in [0, 0.1) is 0 Å². The Kier molecular flexibility index (Phi) is 8.30. The smallest absolute Gasteiger partial charge is 0.302 e. The molecule has 0 aliphatic carbocycles. The summed E-state index contributed by atoms with van der Waals surface area (Å²) in [5.74, 6) is -0.192. The molecule has 0 rings (SSSR count). The summed E-state index contributed by atoms with van der Waals surface area (Å²) in [5, 5.41) is 0. The second-order valence-electron chi connectivity index (χ2n) is 3.53. The number of hydrogen-bond donors (Lipinski definition) is 0. The highest BCUT2D eigenvalue weighted by atomic mass is 16.5. The maximum absolute atomic E-state index is 10.6. The molecule has 0 spiro atoms. The van der Waals surface area contributed by atoms with Gasteiger partial charge in [0, 0.05) is 6.92 Å². The molecule has 0 fully saturated rings. The zero-order valence-electron chi connectivity index (χ0n) is 9.64. The van der Waals surface area contributed by atoms with E-state index < -0.39 is 0 Å². The molecule has 82 valence electrons. The van der Waals surface area contributed by atoms with Crippen molar-refractivity contribution in [2.24, 2.45) is 0 Å². The van der Waals surface area contributed by atoms with Crippen LogP contribution in [0.5, 0.6) is 0 Å². The standard InChI is InChI=1S/C12H22O2/c1-4-6-7-9-12(8-5-2)10-14-11(3)13/h9H,4-8,10H2,1-3H3. The minimum atomic E-state index is -0.192. The zero-order valence-corrected chi connectivity index (χ0v) is 9.64. The van der Waals surface area contributed by atoms with Crippen molar-refractivity contribution in [3.8, 4) is 0 Å². The van der Waals surface area contributed by atoms with Crippen LogP contribution >= 0.6 is 0 Å². The Hall–Kier alpha value is -0.790. The van der Waals surface area contributed by atoms with Crippen LogP contribution in [0.2, 0.25) is 0 Å². The van der Waals surface area contributed by atoms with E-state index in [1.54, 1.807) is 0 Å². The molecule has 2 nitrogen and oxygen atoms in total. The predicted octanol–water partition coefficient (Wildman–Crippen LogP) is 3.47. The predicted molar refractivity (Wildman–Crippen MR) is 59.1 cm³/mol. The number of allylic oxidation sites excluding steroid dienone is 1. The van der Waals surface area contributed by atoms with E-state index in [4.69, 9.17) is 4.74 Å².